The minimum absolute atomic E-state index is 0.184. The molecule has 0 radical (unpaired) electrons. The van der Waals surface area contributed by atoms with Gasteiger partial charge in [0.2, 0.25) is 5.95 Å². The van der Waals surface area contributed by atoms with Gasteiger partial charge in [0.25, 0.3) is 5.91 Å². The number of carbonyl (C=O) groups excluding carboxylic acids is 1. The van der Waals surface area contributed by atoms with Crippen molar-refractivity contribution in [2.75, 3.05) is 38.3 Å². The highest BCUT2D eigenvalue weighted by Gasteiger charge is 2.49. The number of ether oxygens (including phenoxy) is 1. The summed E-state index contributed by atoms with van der Waals surface area (Å²) in [6.45, 7) is 3.51. The maximum atomic E-state index is 11.4. The molecule has 6 nitrogen and oxygen atoms in total. The van der Waals surface area contributed by atoms with Crippen LogP contribution in [0.3, 0.4) is 0 Å². The molecule has 2 saturated heterocycles. The third-order valence-electron chi connectivity index (χ3n) is 3.25. The Bertz CT molecular complexity index is 451. The lowest BCUT2D eigenvalue weighted by Gasteiger charge is -2.54. The SMILES string of the molecule is CNC(=O)c1ccnc(N2CC3(COC3)C2)n1. The second-order valence-electron chi connectivity index (χ2n) is 4.67. The summed E-state index contributed by atoms with van der Waals surface area (Å²) < 4.78 is 5.21. The summed E-state index contributed by atoms with van der Waals surface area (Å²) in [7, 11) is 1.59. The second-order valence-corrected chi connectivity index (χ2v) is 4.67. The molecule has 0 saturated carbocycles. The largest absolute Gasteiger partial charge is 0.380 e. The number of anilines is 1. The molecule has 0 aromatic carbocycles. The van der Waals surface area contributed by atoms with Crippen LogP contribution in [0.4, 0.5) is 5.95 Å². The summed E-state index contributed by atoms with van der Waals surface area (Å²) in [6.07, 6.45) is 1.62. The van der Waals surface area contributed by atoms with Gasteiger partial charge in [-0.2, -0.15) is 0 Å². The van der Waals surface area contributed by atoms with E-state index in [2.05, 4.69) is 20.2 Å². The molecule has 1 aromatic rings. The zero-order valence-electron chi connectivity index (χ0n) is 9.64. The number of amides is 1. The van der Waals surface area contributed by atoms with Crippen molar-refractivity contribution in [1.82, 2.24) is 15.3 Å². The Morgan fingerprint density at radius 2 is 2.29 bits per heavy atom. The lowest BCUT2D eigenvalue weighted by atomic mass is 9.78. The lowest BCUT2D eigenvalue weighted by molar-refractivity contribution is -0.127. The third kappa shape index (κ3) is 1.64. The van der Waals surface area contributed by atoms with Gasteiger partial charge >= 0.3 is 0 Å². The van der Waals surface area contributed by atoms with Crippen LogP contribution >= 0.6 is 0 Å². The molecule has 1 spiro atoms. The average molecular weight is 234 g/mol. The van der Waals surface area contributed by atoms with Gasteiger partial charge in [-0.15, -0.1) is 0 Å². The van der Waals surface area contributed by atoms with Crippen LogP contribution in [0, 0.1) is 5.41 Å². The van der Waals surface area contributed by atoms with Gasteiger partial charge in [0.15, 0.2) is 0 Å². The molecular formula is C11H14N4O2. The molecule has 0 atom stereocenters. The van der Waals surface area contributed by atoms with Crippen molar-refractivity contribution in [3.8, 4) is 0 Å². The van der Waals surface area contributed by atoms with Gasteiger partial charge in [-0.25, -0.2) is 9.97 Å². The van der Waals surface area contributed by atoms with Crippen LogP contribution in [0.5, 0.6) is 0 Å². The van der Waals surface area contributed by atoms with Crippen molar-refractivity contribution in [3.63, 3.8) is 0 Å². The molecule has 2 aliphatic rings. The van der Waals surface area contributed by atoms with Crippen molar-refractivity contribution in [3.05, 3.63) is 18.0 Å². The van der Waals surface area contributed by atoms with Gasteiger partial charge in [-0.3, -0.25) is 4.79 Å². The van der Waals surface area contributed by atoms with Crippen LogP contribution in [0.1, 0.15) is 10.5 Å². The fraction of sp³-hybridized carbons (Fsp3) is 0.545. The fourth-order valence-electron chi connectivity index (χ4n) is 2.23. The molecule has 90 valence electrons. The van der Waals surface area contributed by atoms with E-state index in [1.54, 1.807) is 19.3 Å². The highest BCUT2D eigenvalue weighted by Crippen LogP contribution is 2.38. The molecule has 3 heterocycles. The molecule has 17 heavy (non-hydrogen) atoms. The summed E-state index contributed by atoms with van der Waals surface area (Å²) in [5, 5.41) is 2.55. The van der Waals surface area contributed by atoms with Crippen LogP contribution < -0.4 is 10.2 Å². The predicted octanol–water partition coefficient (Wildman–Crippen LogP) is -0.327. The highest BCUT2D eigenvalue weighted by atomic mass is 16.5. The Balaban J connectivity index is 1.73. The summed E-state index contributed by atoms with van der Waals surface area (Å²) >= 11 is 0. The topological polar surface area (TPSA) is 67.4 Å². The first kappa shape index (κ1) is 10.5. The molecule has 0 bridgehead atoms. The number of aromatic nitrogens is 2. The van der Waals surface area contributed by atoms with Gasteiger partial charge in [0, 0.05) is 26.3 Å². The Labute approximate surface area is 99.0 Å². The summed E-state index contributed by atoms with van der Waals surface area (Å²) in [5.41, 5.74) is 0.732. The van der Waals surface area contributed by atoms with Crippen LogP contribution in [0.2, 0.25) is 0 Å². The molecule has 1 N–H and O–H groups in total. The fourth-order valence-corrected chi connectivity index (χ4v) is 2.23. The zero-order chi connectivity index (χ0) is 11.9. The minimum Gasteiger partial charge on any atom is -0.380 e. The second kappa shape index (κ2) is 3.66. The summed E-state index contributed by atoms with van der Waals surface area (Å²) in [4.78, 5) is 22.0. The molecule has 1 amide bonds. The first-order valence-corrected chi connectivity index (χ1v) is 5.60. The highest BCUT2D eigenvalue weighted by molar-refractivity contribution is 5.92. The van der Waals surface area contributed by atoms with E-state index in [9.17, 15) is 4.79 Å². The van der Waals surface area contributed by atoms with Gasteiger partial charge in [-0.05, 0) is 6.07 Å². The first-order chi connectivity index (χ1) is 8.22. The first-order valence-electron chi connectivity index (χ1n) is 5.60. The maximum absolute atomic E-state index is 11.4. The monoisotopic (exact) mass is 234 g/mol. The number of carbonyl (C=O) groups is 1. The number of hydrogen-bond donors (Lipinski definition) is 1. The summed E-state index contributed by atoms with van der Waals surface area (Å²) in [6, 6.07) is 1.62. The quantitative estimate of drug-likeness (QED) is 0.759. The predicted molar refractivity (Wildman–Crippen MR) is 60.9 cm³/mol. The van der Waals surface area contributed by atoms with Crippen LogP contribution in [-0.4, -0.2) is 49.2 Å². The van der Waals surface area contributed by atoms with E-state index in [0.29, 0.717) is 17.1 Å². The van der Waals surface area contributed by atoms with E-state index in [-0.39, 0.29) is 5.91 Å². The Kier molecular flexibility index (Phi) is 2.25. The normalized spacial score (nSPS) is 20.6. The standard InChI is InChI=1S/C11H14N4O2/c1-12-9(16)8-2-3-13-10(14-8)15-4-11(5-15)6-17-7-11/h2-3H,4-7H2,1H3,(H,12,16). The van der Waals surface area contributed by atoms with E-state index in [0.717, 1.165) is 26.3 Å². The molecule has 0 aliphatic carbocycles. The minimum atomic E-state index is -0.184. The van der Waals surface area contributed by atoms with Crippen molar-refractivity contribution in [1.29, 1.82) is 0 Å². The third-order valence-corrected chi connectivity index (χ3v) is 3.25. The van der Waals surface area contributed by atoms with Crippen LogP contribution in [-0.2, 0) is 4.74 Å². The summed E-state index contributed by atoms with van der Waals surface area (Å²) in [5.74, 6) is 0.444. The van der Waals surface area contributed by atoms with Crippen LogP contribution in [0.15, 0.2) is 12.3 Å². The molecule has 0 unspecified atom stereocenters. The van der Waals surface area contributed by atoms with Crippen LogP contribution in [0.25, 0.3) is 0 Å². The molecule has 3 rings (SSSR count). The zero-order valence-corrected chi connectivity index (χ0v) is 9.64. The molecule has 1 aromatic heterocycles. The van der Waals surface area contributed by atoms with E-state index >= 15 is 0 Å². The Morgan fingerprint density at radius 1 is 1.53 bits per heavy atom. The van der Waals surface area contributed by atoms with E-state index in [4.69, 9.17) is 4.74 Å². The van der Waals surface area contributed by atoms with Crippen molar-refractivity contribution in [2.24, 2.45) is 5.41 Å². The lowest BCUT2D eigenvalue weighted by Crippen LogP contribution is -2.66. The van der Waals surface area contributed by atoms with E-state index in [1.165, 1.54) is 0 Å². The number of nitrogens with zero attached hydrogens (tertiary/aromatic N) is 3. The number of hydrogen-bond acceptors (Lipinski definition) is 5. The van der Waals surface area contributed by atoms with Crippen molar-refractivity contribution >= 4 is 11.9 Å². The van der Waals surface area contributed by atoms with Gasteiger partial charge in [-0.1, -0.05) is 0 Å². The molecule has 2 fully saturated rings. The van der Waals surface area contributed by atoms with E-state index < -0.39 is 0 Å². The van der Waals surface area contributed by atoms with Gasteiger partial charge in [0.05, 0.1) is 18.6 Å². The Morgan fingerprint density at radius 3 is 2.88 bits per heavy atom. The van der Waals surface area contributed by atoms with E-state index in [1.807, 2.05) is 0 Å². The van der Waals surface area contributed by atoms with Crippen molar-refractivity contribution in [2.45, 2.75) is 0 Å². The molecular weight excluding hydrogens is 220 g/mol. The maximum Gasteiger partial charge on any atom is 0.269 e. The molecule has 6 heteroatoms. The number of rotatable bonds is 2. The van der Waals surface area contributed by atoms with Crippen molar-refractivity contribution < 1.29 is 9.53 Å². The number of nitrogens with one attached hydrogen (secondary N) is 1. The van der Waals surface area contributed by atoms with Gasteiger partial charge < -0.3 is 15.0 Å². The Hall–Kier alpha value is -1.69. The average Bonchev–Trinajstić information content (AvgIpc) is 2.25. The smallest absolute Gasteiger partial charge is 0.269 e. The van der Waals surface area contributed by atoms with Gasteiger partial charge in [0.1, 0.15) is 5.69 Å². The molecule has 2 aliphatic heterocycles.